The summed E-state index contributed by atoms with van der Waals surface area (Å²) in [6, 6.07) is 7.03. The lowest BCUT2D eigenvalue weighted by molar-refractivity contribution is -0.118. The van der Waals surface area contributed by atoms with Gasteiger partial charge in [0.15, 0.2) is 6.61 Å². The molecule has 21 heavy (non-hydrogen) atoms. The summed E-state index contributed by atoms with van der Waals surface area (Å²) >= 11 is 0. The molecule has 0 bridgehead atoms. The molecule has 0 spiro atoms. The van der Waals surface area contributed by atoms with Crippen LogP contribution in [0.5, 0.6) is 5.75 Å². The van der Waals surface area contributed by atoms with Crippen molar-refractivity contribution in [2.24, 2.45) is 0 Å². The summed E-state index contributed by atoms with van der Waals surface area (Å²) in [5.41, 5.74) is 1.93. The number of likely N-dealkylation sites (N-methyl/N-ethyl adjacent to an activating group) is 1. The number of carbonyl (C=O) groups is 1. The van der Waals surface area contributed by atoms with Gasteiger partial charge in [0.05, 0.1) is 5.69 Å². The average molecular weight is 289 g/mol. The van der Waals surface area contributed by atoms with Crippen LogP contribution in [0.4, 0.5) is 5.69 Å². The maximum atomic E-state index is 11.4. The number of amides is 1. The van der Waals surface area contributed by atoms with E-state index >= 15 is 0 Å². The molecule has 1 aliphatic carbocycles. The standard InChI is InChI=1S/C16H23N3O2/c1-11(17-7-8-19(2)13-4-5-13)12-3-6-15-14(9-12)18-16(20)10-21-15/h3,6,9,11,13,17H,4-5,7-8,10H2,1-2H3,(H,18,20). The number of fused-ring (bicyclic) bond motifs is 1. The lowest BCUT2D eigenvalue weighted by Crippen LogP contribution is -2.32. The minimum atomic E-state index is -0.0914. The van der Waals surface area contributed by atoms with Crippen LogP contribution < -0.4 is 15.4 Å². The van der Waals surface area contributed by atoms with Gasteiger partial charge in [-0.3, -0.25) is 4.79 Å². The average Bonchev–Trinajstić information content (AvgIpc) is 3.30. The molecule has 0 saturated heterocycles. The normalized spacial score (nSPS) is 18.9. The first-order chi connectivity index (χ1) is 10.1. The fourth-order valence-electron chi connectivity index (χ4n) is 2.64. The van der Waals surface area contributed by atoms with E-state index in [1.54, 1.807) is 0 Å². The second-order valence-electron chi connectivity index (χ2n) is 5.98. The third kappa shape index (κ3) is 3.54. The van der Waals surface area contributed by atoms with E-state index in [9.17, 15) is 4.79 Å². The van der Waals surface area contributed by atoms with Gasteiger partial charge in [-0.15, -0.1) is 0 Å². The third-order valence-corrected chi connectivity index (χ3v) is 4.22. The predicted octanol–water partition coefficient (Wildman–Crippen LogP) is 1.76. The number of rotatable bonds is 6. The number of ether oxygens (including phenoxy) is 1. The molecule has 1 fully saturated rings. The van der Waals surface area contributed by atoms with E-state index < -0.39 is 0 Å². The predicted molar refractivity (Wildman–Crippen MR) is 82.6 cm³/mol. The van der Waals surface area contributed by atoms with Crippen LogP contribution in [-0.4, -0.2) is 43.6 Å². The molecule has 1 heterocycles. The minimum Gasteiger partial charge on any atom is -0.482 e. The summed E-state index contributed by atoms with van der Waals surface area (Å²) in [7, 11) is 2.19. The Morgan fingerprint density at radius 3 is 3.05 bits per heavy atom. The molecule has 1 aliphatic heterocycles. The summed E-state index contributed by atoms with van der Waals surface area (Å²) in [4.78, 5) is 13.8. The van der Waals surface area contributed by atoms with Crippen molar-refractivity contribution in [3.05, 3.63) is 23.8 Å². The van der Waals surface area contributed by atoms with Gasteiger partial charge in [0, 0.05) is 25.2 Å². The molecule has 5 heteroatoms. The second-order valence-corrected chi connectivity index (χ2v) is 5.98. The van der Waals surface area contributed by atoms with Gasteiger partial charge in [-0.25, -0.2) is 0 Å². The fraction of sp³-hybridized carbons (Fsp3) is 0.562. The van der Waals surface area contributed by atoms with Gasteiger partial charge in [0.2, 0.25) is 0 Å². The molecule has 0 radical (unpaired) electrons. The van der Waals surface area contributed by atoms with E-state index in [1.807, 2.05) is 12.1 Å². The van der Waals surface area contributed by atoms with Crippen LogP contribution >= 0.6 is 0 Å². The number of hydrogen-bond donors (Lipinski definition) is 2. The zero-order chi connectivity index (χ0) is 14.8. The number of hydrogen-bond acceptors (Lipinski definition) is 4. The molecule has 1 amide bonds. The molecule has 1 unspecified atom stereocenters. The third-order valence-electron chi connectivity index (χ3n) is 4.22. The van der Waals surface area contributed by atoms with Gasteiger partial charge in [0.25, 0.3) is 5.91 Å². The summed E-state index contributed by atoms with van der Waals surface area (Å²) in [6.07, 6.45) is 2.69. The lowest BCUT2D eigenvalue weighted by Gasteiger charge is -2.22. The molecule has 0 aromatic heterocycles. The monoisotopic (exact) mass is 289 g/mol. The molecular weight excluding hydrogens is 266 g/mol. The van der Waals surface area contributed by atoms with Gasteiger partial charge < -0.3 is 20.3 Å². The molecule has 1 saturated carbocycles. The molecule has 2 aliphatic rings. The Morgan fingerprint density at radius 2 is 2.29 bits per heavy atom. The summed E-state index contributed by atoms with van der Waals surface area (Å²) in [5, 5.41) is 6.39. The number of nitrogens with zero attached hydrogens (tertiary/aromatic N) is 1. The number of benzene rings is 1. The van der Waals surface area contributed by atoms with Crippen LogP contribution in [0.2, 0.25) is 0 Å². The van der Waals surface area contributed by atoms with E-state index in [4.69, 9.17) is 4.74 Å². The maximum absolute atomic E-state index is 11.4. The highest BCUT2D eigenvalue weighted by atomic mass is 16.5. The Balaban J connectivity index is 1.55. The Kier molecular flexibility index (Phi) is 4.12. The first-order valence-corrected chi connectivity index (χ1v) is 7.63. The molecular formula is C16H23N3O2. The van der Waals surface area contributed by atoms with E-state index in [0.717, 1.165) is 36.1 Å². The first-order valence-electron chi connectivity index (χ1n) is 7.63. The van der Waals surface area contributed by atoms with E-state index in [0.29, 0.717) is 0 Å². The van der Waals surface area contributed by atoms with Crippen LogP contribution in [0.15, 0.2) is 18.2 Å². The summed E-state index contributed by atoms with van der Waals surface area (Å²) in [5.74, 6) is 0.658. The Morgan fingerprint density at radius 1 is 1.48 bits per heavy atom. The van der Waals surface area contributed by atoms with Crippen molar-refractivity contribution in [2.75, 3.05) is 32.1 Å². The zero-order valence-corrected chi connectivity index (χ0v) is 12.7. The summed E-state index contributed by atoms with van der Waals surface area (Å²) < 4.78 is 5.38. The highest BCUT2D eigenvalue weighted by Crippen LogP contribution is 2.30. The Bertz CT molecular complexity index is 528. The van der Waals surface area contributed by atoms with E-state index in [1.165, 1.54) is 12.8 Å². The van der Waals surface area contributed by atoms with Crippen LogP contribution in [0.1, 0.15) is 31.4 Å². The van der Waals surface area contributed by atoms with Gasteiger partial charge >= 0.3 is 0 Å². The van der Waals surface area contributed by atoms with Gasteiger partial charge in [0.1, 0.15) is 5.75 Å². The first kappa shape index (κ1) is 14.4. The van der Waals surface area contributed by atoms with Crippen molar-refractivity contribution >= 4 is 11.6 Å². The topological polar surface area (TPSA) is 53.6 Å². The minimum absolute atomic E-state index is 0.0914. The van der Waals surface area contributed by atoms with E-state index in [2.05, 4.69) is 35.6 Å². The van der Waals surface area contributed by atoms with Crippen molar-refractivity contribution in [1.82, 2.24) is 10.2 Å². The van der Waals surface area contributed by atoms with Crippen LogP contribution in [0, 0.1) is 0 Å². The SMILES string of the molecule is CC(NCCN(C)C1CC1)c1ccc2c(c1)NC(=O)CO2. The lowest BCUT2D eigenvalue weighted by atomic mass is 10.1. The Hall–Kier alpha value is -1.59. The molecule has 1 aromatic rings. The van der Waals surface area contributed by atoms with Gasteiger partial charge in [-0.1, -0.05) is 6.07 Å². The molecule has 1 atom stereocenters. The highest BCUT2D eigenvalue weighted by molar-refractivity contribution is 5.95. The summed E-state index contributed by atoms with van der Waals surface area (Å²) in [6.45, 7) is 4.28. The highest BCUT2D eigenvalue weighted by Gasteiger charge is 2.25. The van der Waals surface area contributed by atoms with Crippen LogP contribution in [0.25, 0.3) is 0 Å². The molecule has 3 rings (SSSR count). The van der Waals surface area contributed by atoms with Gasteiger partial charge in [-0.05, 0) is 44.5 Å². The van der Waals surface area contributed by atoms with E-state index in [-0.39, 0.29) is 18.6 Å². The second kappa shape index (κ2) is 6.03. The maximum Gasteiger partial charge on any atom is 0.262 e. The van der Waals surface area contributed by atoms with Crippen molar-refractivity contribution in [1.29, 1.82) is 0 Å². The molecule has 1 aromatic carbocycles. The van der Waals surface area contributed by atoms with Crippen LogP contribution in [-0.2, 0) is 4.79 Å². The Labute approximate surface area is 125 Å². The molecule has 114 valence electrons. The molecule has 5 nitrogen and oxygen atoms in total. The number of nitrogens with one attached hydrogen (secondary N) is 2. The van der Waals surface area contributed by atoms with Crippen molar-refractivity contribution < 1.29 is 9.53 Å². The van der Waals surface area contributed by atoms with Crippen molar-refractivity contribution in [3.63, 3.8) is 0 Å². The van der Waals surface area contributed by atoms with Crippen molar-refractivity contribution in [2.45, 2.75) is 31.8 Å². The van der Waals surface area contributed by atoms with Crippen molar-refractivity contribution in [3.8, 4) is 5.75 Å². The largest absolute Gasteiger partial charge is 0.482 e. The number of anilines is 1. The smallest absolute Gasteiger partial charge is 0.262 e. The quantitative estimate of drug-likeness (QED) is 0.838. The fourth-order valence-corrected chi connectivity index (χ4v) is 2.64. The van der Waals surface area contributed by atoms with Gasteiger partial charge in [-0.2, -0.15) is 0 Å². The molecule has 2 N–H and O–H groups in total. The zero-order valence-electron chi connectivity index (χ0n) is 12.7. The number of carbonyl (C=O) groups excluding carboxylic acids is 1. The van der Waals surface area contributed by atoms with Crippen LogP contribution in [0.3, 0.4) is 0 Å².